The summed E-state index contributed by atoms with van der Waals surface area (Å²) in [5.41, 5.74) is 1.89. The molecule has 0 bridgehead atoms. The monoisotopic (exact) mass is 353 g/mol. The predicted molar refractivity (Wildman–Crippen MR) is 84.8 cm³/mol. The van der Waals surface area contributed by atoms with Crippen LogP contribution in [0.25, 0.3) is 0 Å². The van der Waals surface area contributed by atoms with E-state index >= 15 is 0 Å². The fourth-order valence-electron chi connectivity index (χ4n) is 1.79. The molecule has 0 saturated heterocycles. The fraction of sp³-hybridized carbons (Fsp3) is 0.133. The summed E-state index contributed by atoms with van der Waals surface area (Å²) in [6, 6.07) is 10.7. The molecule has 2 aromatic rings. The average molecular weight is 355 g/mol. The molecular formula is C15H13BrClNO2. The van der Waals surface area contributed by atoms with Gasteiger partial charge in [0.25, 0.3) is 5.91 Å². The van der Waals surface area contributed by atoms with Crippen molar-refractivity contribution in [2.24, 2.45) is 0 Å². The number of methoxy groups -OCH3 is 1. The standard InChI is InChI=1S/C15H13BrClNO2/c1-9-4-3-5-11(14(9)17)15(19)18-12-8-10(16)6-7-13(12)20-2/h3-8H,1-2H3,(H,18,19). The molecule has 0 saturated carbocycles. The van der Waals surface area contributed by atoms with Gasteiger partial charge in [-0.25, -0.2) is 0 Å². The molecule has 2 rings (SSSR count). The van der Waals surface area contributed by atoms with E-state index in [1.807, 2.05) is 19.1 Å². The Bertz CT molecular complexity index is 658. The lowest BCUT2D eigenvalue weighted by atomic mass is 10.1. The van der Waals surface area contributed by atoms with Crippen LogP contribution in [0.4, 0.5) is 5.69 Å². The third kappa shape index (κ3) is 3.14. The second-order valence-electron chi connectivity index (χ2n) is 4.24. The largest absolute Gasteiger partial charge is 0.495 e. The first-order valence-electron chi connectivity index (χ1n) is 5.93. The summed E-state index contributed by atoms with van der Waals surface area (Å²) in [6.07, 6.45) is 0. The number of carbonyl (C=O) groups excluding carboxylic acids is 1. The van der Waals surface area contributed by atoms with Crippen LogP contribution < -0.4 is 10.1 Å². The maximum Gasteiger partial charge on any atom is 0.257 e. The number of carbonyl (C=O) groups is 1. The summed E-state index contributed by atoms with van der Waals surface area (Å²) >= 11 is 9.52. The molecule has 1 N–H and O–H groups in total. The van der Waals surface area contributed by atoms with Crippen LogP contribution in [0.15, 0.2) is 40.9 Å². The molecular weight excluding hydrogens is 342 g/mol. The fourth-order valence-corrected chi connectivity index (χ4v) is 2.36. The summed E-state index contributed by atoms with van der Waals surface area (Å²) in [5, 5.41) is 3.27. The van der Waals surface area contributed by atoms with Crippen molar-refractivity contribution in [1.29, 1.82) is 0 Å². The summed E-state index contributed by atoms with van der Waals surface area (Å²) in [4.78, 5) is 12.3. The highest BCUT2D eigenvalue weighted by molar-refractivity contribution is 9.10. The van der Waals surface area contributed by atoms with Crippen molar-refractivity contribution < 1.29 is 9.53 Å². The van der Waals surface area contributed by atoms with E-state index in [0.29, 0.717) is 22.0 Å². The van der Waals surface area contributed by atoms with Crippen LogP contribution in [0.3, 0.4) is 0 Å². The summed E-state index contributed by atoms with van der Waals surface area (Å²) in [7, 11) is 1.55. The van der Waals surface area contributed by atoms with E-state index in [-0.39, 0.29) is 5.91 Å². The van der Waals surface area contributed by atoms with Gasteiger partial charge in [-0.1, -0.05) is 39.7 Å². The Morgan fingerprint density at radius 2 is 2.05 bits per heavy atom. The zero-order chi connectivity index (χ0) is 14.7. The molecule has 0 atom stereocenters. The zero-order valence-corrected chi connectivity index (χ0v) is 13.4. The van der Waals surface area contributed by atoms with Crippen LogP contribution in [0, 0.1) is 6.92 Å². The molecule has 0 aliphatic rings. The lowest BCUT2D eigenvalue weighted by Crippen LogP contribution is -2.13. The molecule has 104 valence electrons. The second-order valence-corrected chi connectivity index (χ2v) is 5.53. The zero-order valence-electron chi connectivity index (χ0n) is 11.0. The highest BCUT2D eigenvalue weighted by Gasteiger charge is 2.14. The molecule has 20 heavy (non-hydrogen) atoms. The van der Waals surface area contributed by atoms with Crippen LogP contribution in [0.5, 0.6) is 5.75 Å². The molecule has 0 fully saturated rings. The average Bonchev–Trinajstić information content (AvgIpc) is 2.42. The van der Waals surface area contributed by atoms with Crippen LogP contribution in [-0.2, 0) is 0 Å². The van der Waals surface area contributed by atoms with Crippen molar-refractivity contribution in [3.63, 3.8) is 0 Å². The maximum atomic E-state index is 12.3. The minimum Gasteiger partial charge on any atom is -0.495 e. The van der Waals surface area contributed by atoms with E-state index in [9.17, 15) is 4.79 Å². The van der Waals surface area contributed by atoms with E-state index in [1.165, 1.54) is 0 Å². The molecule has 0 unspecified atom stereocenters. The minimum atomic E-state index is -0.268. The Morgan fingerprint density at radius 3 is 2.75 bits per heavy atom. The molecule has 2 aromatic carbocycles. The quantitative estimate of drug-likeness (QED) is 0.869. The van der Waals surface area contributed by atoms with Gasteiger partial charge in [-0.05, 0) is 36.8 Å². The van der Waals surface area contributed by atoms with Crippen molar-refractivity contribution in [3.05, 3.63) is 57.0 Å². The molecule has 0 aromatic heterocycles. The van der Waals surface area contributed by atoms with Crippen LogP contribution >= 0.6 is 27.5 Å². The summed E-state index contributed by atoms with van der Waals surface area (Å²) < 4.78 is 6.07. The Kier molecular flexibility index (Phi) is 4.68. The maximum absolute atomic E-state index is 12.3. The van der Waals surface area contributed by atoms with Gasteiger partial charge in [0, 0.05) is 4.47 Å². The van der Waals surface area contributed by atoms with Gasteiger partial charge in [0.15, 0.2) is 0 Å². The van der Waals surface area contributed by atoms with E-state index in [1.54, 1.807) is 31.4 Å². The number of rotatable bonds is 3. The number of hydrogen-bond donors (Lipinski definition) is 1. The van der Waals surface area contributed by atoms with Crippen molar-refractivity contribution in [2.45, 2.75) is 6.92 Å². The predicted octanol–water partition coefficient (Wildman–Crippen LogP) is 4.67. The SMILES string of the molecule is COc1ccc(Br)cc1NC(=O)c1cccc(C)c1Cl. The van der Waals surface area contributed by atoms with E-state index in [2.05, 4.69) is 21.2 Å². The van der Waals surface area contributed by atoms with E-state index in [4.69, 9.17) is 16.3 Å². The van der Waals surface area contributed by atoms with Gasteiger partial charge in [0.2, 0.25) is 0 Å². The Morgan fingerprint density at radius 1 is 1.30 bits per heavy atom. The first kappa shape index (κ1) is 14.9. The minimum absolute atomic E-state index is 0.268. The number of aryl methyl sites for hydroxylation is 1. The van der Waals surface area contributed by atoms with Crippen LogP contribution in [-0.4, -0.2) is 13.0 Å². The van der Waals surface area contributed by atoms with Gasteiger partial charge in [-0.3, -0.25) is 4.79 Å². The highest BCUT2D eigenvalue weighted by atomic mass is 79.9. The number of benzene rings is 2. The molecule has 3 nitrogen and oxygen atoms in total. The topological polar surface area (TPSA) is 38.3 Å². The Labute approximate surface area is 131 Å². The van der Waals surface area contributed by atoms with Gasteiger partial charge >= 0.3 is 0 Å². The van der Waals surface area contributed by atoms with Gasteiger partial charge in [-0.15, -0.1) is 0 Å². The van der Waals surface area contributed by atoms with Crippen molar-refractivity contribution in [3.8, 4) is 5.75 Å². The third-order valence-electron chi connectivity index (χ3n) is 2.85. The van der Waals surface area contributed by atoms with Crippen LogP contribution in [0.2, 0.25) is 5.02 Å². The molecule has 5 heteroatoms. The van der Waals surface area contributed by atoms with Crippen molar-refractivity contribution >= 4 is 39.1 Å². The summed E-state index contributed by atoms with van der Waals surface area (Å²) in [6.45, 7) is 1.86. The molecule has 0 heterocycles. The molecule has 1 amide bonds. The first-order chi connectivity index (χ1) is 9.52. The number of amides is 1. The molecule has 0 aliphatic heterocycles. The van der Waals surface area contributed by atoms with Gasteiger partial charge in [0.05, 0.1) is 23.4 Å². The smallest absolute Gasteiger partial charge is 0.257 e. The van der Waals surface area contributed by atoms with Gasteiger partial charge in [0.1, 0.15) is 5.75 Å². The highest BCUT2D eigenvalue weighted by Crippen LogP contribution is 2.29. The van der Waals surface area contributed by atoms with Crippen molar-refractivity contribution in [1.82, 2.24) is 0 Å². The summed E-state index contributed by atoms with van der Waals surface area (Å²) in [5.74, 6) is 0.320. The normalized spacial score (nSPS) is 10.2. The molecule has 0 radical (unpaired) electrons. The number of hydrogen-bond acceptors (Lipinski definition) is 2. The molecule has 0 spiro atoms. The lowest BCUT2D eigenvalue weighted by molar-refractivity contribution is 0.102. The number of halogens is 2. The number of anilines is 1. The van der Waals surface area contributed by atoms with Crippen LogP contribution in [0.1, 0.15) is 15.9 Å². The second kappa shape index (κ2) is 6.29. The van der Waals surface area contributed by atoms with Gasteiger partial charge < -0.3 is 10.1 Å². The third-order valence-corrected chi connectivity index (χ3v) is 3.84. The van der Waals surface area contributed by atoms with Crippen molar-refractivity contribution in [2.75, 3.05) is 12.4 Å². The van der Waals surface area contributed by atoms with Gasteiger partial charge in [-0.2, -0.15) is 0 Å². The number of nitrogens with one attached hydrogen (secondary N) is 1. The Balaban J connectivity index is 2.32. The van der Waals surface area contributed by atoms with E-state index < -0.39 is 0 Å². The Hall–Kier alpha value is -1.52. The first-order valence-corrected chi connectivity index (χ1v) is 7.10. The molecule has 0 aliphatic carbocycles. The van der Waals surface area contributed by atoms with E-state index in [0.717, 1.165) is 10.0 Å². The lowest BCUT2D eigenvalue weighted by Gasteiger charge is -2.12. The number of ether oxygens (including phenoxy) is 1.